The van der Waals surface area contributed by atoms with Crippen LogP contribution in [0.1, 0.15) is 0 Å². The van der Waals surface area contributed by atoms with Gasteiger partial charge in [0.1, 0.15) is 11.5 Å². The molecule has 0 unspecified atom stereocenters. The summed E-state index contributed by atoms with van der Waals surface area (Å²) < 4.78 is 28.7. The Balaban J connectivity index is 1.96. The first-order valence-corrected chi connectivity index (χ1v) is 8.39. The van der Waals surface area contributed by atoms with Crippen LogP contribution in [0.5, 0.6) is 11.5 Å². The van der Waals surface area contributed by atoms with Gasteiger partial charge in [-0.05, 0) is 35.7 Å². The Hall–Kier alpha value is -2.33. The molecule has 106 valence electrons. The molecular weight excluding hydrogens is 284 g/mol. The molecule has 0 bridgehead atoms. The number of fused-ring (bicyclic) bond motifs is 1. The zero-order valence-electron chi connectivity index (χ0n) is 11.5. The molecule has 0 atom stereocenters. The first-order chi connectivity index (χ1) is 10.0. The molecule has 0 saturated heterocycles. The highest BCUT2D eigenvalue weighted by molar-refractivity contribution is 7.90. The third-order valence-electron chi connectivity index (χ3n) is 3.23. The molecule has 4 heteroatoms. The van der Waals surface area contributed by atoms with Crippen LogP contribution in [0.15, 0.2) is 71.6 Å². The molecule has 21 heavy (non-hydrogen) atoms. The van der Waals surface area contributed by atoms with Crippen molar-refractivity contribution in [3.05, 3.63) is 66.7 Å². The van der Waals surface area contributed by atoms with E-state index in [1.165, 1.54) is 6.26 Å². The number of hydrogen-bond acceptors (Lipinski definition) is 3. The van der Waals surface area contributed by atoms with Crippen LogP contribution in [0.4, 0.5) is 0 Å². The van der Waals surface area contributed by atoms with E-state index in [0.717, 1.165) is 16.5 Å². The summed E-state index contributed by atoms with van der Waals surface area (Å²) in [4.78, 5) is 0.285. The van der Waals surface area contributed by atoms with E-state index in [1.807, 2.05) is 42.5 Å². The van der Waals surface area contributed by atoms with Gasteiger partial charge in [-0.15, -0.1) is 0 Å². The van der Waals surface area contributed by atoms with Crippen molar-refractivity contribution in [2.45, 2.75) is 4.90 Å². The highest BCUT2D eigenvalue weighted by Crippen LogP contribution is 2.30. The fraction of sp³-hybridized carbons (Fsp3) is 0.0588. The Labute approximate surface area is 123 Å². The summed E-state index contributed by atoms with van der Waals surface area (Å²) in [5.74, 6) is 1.36. The summed E-state index contributed by atoms with van der Waals surface area (Å²) in [5, 5.41) is 2.12. The first-order valence-electron chi connectivity index (χ1n) is 6.50. The molecule has 0 spiro atoms. The number of sulfone groups is 1. The summed E-state index contributed by atoms with van der Waals surface area (Å²) in [6.45, 7) is 0. The zero-order chi connectivity index (χ0) is 14.9. The lowest BCUT2D eigenvalue weighted by Gasteiger charge is -2.09. The molecule has 0 aliphatic heterocycles. The van der Waals surface area contributed by atoms with Gasteiger partial charge in [-0.25, -0.2) is 8.42 Å². The third kappa shape index (κ3) is 2.90. The van der Waals surface area contributed by atoms with Crippen molar-refractivity contribution in [2.75, 3.05) is 6.26 Å². The van der Waals surface area contributed by atoms with Crippen LogP contribution in [0.25, 0.3) is 10.8 Å². The molecule has 0 heterocycles. The molecule has 3 aromatic rings. The Morgan fingerprint density at radius 1 is 0.810 bits per heavy atom. The quantitative estimate of drug-likeness (QED) is 0.733. The molecule has 0 amide bonds. The van der Waals surface area contributed by atoms with E-state index in [9.17, 15) is 8.42 Å². The summed E-state index contributed by atoms with van der Waals surface area (Å²) >= 11 is 0. The lowest BCUT2D eigenvalue weighted by molar-refractivity contribution is 0.488. The normalized spacial score (nSPS) is 11.5. The second-order valence-electron chi connectivity index (χ2n) is 4.82. The fourth-order valence-corrected chi connectivity index (χ4v) is 2.80. The molecule has 0 N–H and O–H groups in total. The second kappa shape index (κ2) is 5.22. The topological polar surface area (TPSA) is 43.4 Å². The van der Waals surface area contributed by atoms with E-state index in [1.54, 1.807) is 24.3 Å². The lowest BCUT2D eigenvalue weighted by Crippen LogP contribution is -1.96. The molecule has 0 saturated carbocycles. The van der Waals surface area contributed by atoms with Gasteiger partial charge >= 0.3 is 0 Å². The minimum atomic E-state index is -3.18. The summed E-state index contributed by atoms with van der Waals surface area (Å²) in [6.07, 6.45) is 1.19. The summed E-state index contributed by atoms with van der Waals surface area (Å²) in [5.41, 5.74) is 0. The van der Waals surface area contributed by atoms with Gasteiger partial charge in [-0.2, -0.15) is 0 Å². The number of rotatable bonds is 3. The van der Waals surface area contributed by atoms with Crippen LogP contribution in [0.3, 0.4) is 0 Å². The Morgan fingerprint density at radius 3 is 2.19 bits per heavy atom. The molecule has 0 aromatic heterocycles. The minimum Gasteiger partial charge on any atom is -0.457 e. The van der Waals surface area contributed by atoms with Gasteiger partial charge in [-0.3, -0.25) is 0 Å². The molecule has 3 nitrogen and oxygen atoms in total. The van der Waals surface area contributed by atoms with Gasteiger partial charge in [0.25, 0.3) is 0 Å². The Bertz CT molecular complexity index is 876. The van der Waals surface area contributed by atoms with Gasteiger partial charge in [0.2, 0.25) is 0 Å². The Morgan fingerprint density at radius 2 is 1.48 bits per heavy atom. The van der Waals surface area contributed by atoms with Crippen molar-refractivity contribution < 1.29 is 13.2 Å². The molecule has 0 fully saturated rings. The molecule has 3 rings (SSSR count). The smallest absolute Gasteiger partial charge is 0.175 e. The van der Waals surface area contributed by atoms with Crippen LogP contribution >= 0.6 is 0 Å². The van der Waals surface area contributed by atoms with E-state index in [4.69, 9.17) is 4.74 Å². The maximum absolute atomic E-state index is 11.4. The van der Waals surface area contributed by atoms with E-state index in [0.29, 0.717) is 5.75 Å². The number of benzene rings is 3. The van der Waals surface area contributed by atoms with Crippen molar-refractivity contribution in [3.63, 3.8) is 0 Å². The number of hydrogen-bond donors (Lipinski definition) is 0. The second-order valence-corrected chi connectivity index (χ2v) is 6.84. The molecule has 0 aliphatic carbocycles. The first kappa shape index (κ1) is 13.6. The highest BCUT2D eigenvalue weighted by Gasteiger charge is 2.07. The predicted octanol–water partition coefficient (Wildman–Crippen LogP) is 4.04. The van der Waals surface area contributed by atoms with Crippen LogP contribution in [-0.4, -0.2) is 14.7 Å². The molecule has 0 radical (unpaired) electrons. The zero-order valence-corrected chi connectivity index (χ0v) is 12.3. The standard InChI is InChI=1S/C17H14O3S/c1-21(18,19)15-11-9-14(10-12-15)20-17-8-4-6-13-5-2-3-7-16(13)17/h2-12H,1H3. The van der Waals surface area contributed by atoms with Crippen molar-refractivity contribution in [1.29, 1.82) is 0 Å². The SMILES string of the molecule is CS(=O)(=O)c1ccc(Oc2cccc3ccccc23)cc1. The van der Waals surface area contributed by atoms with E-state index < -0.39 is 9.84 Å². The minimum absolute atomic E-state index is 0.285. The van der Waals surface area contributed by atoms with Gasteiger partial charge in [-0.1, -0.05) is 36.4 Å². The largest absolute Gasteiger partial charge is 0.457 e. The lowest BCUT2D eigenvalue weighted by atomic mass is 10.1. The van der Waals surface area contributed by atoms with Crippen molar-refractivity contribution >= 4 is 20.6 Å². The molecule has 3 aromatic carbocycles. The third-order valence-corrected chi connectivity index (χ3v) is 4.36. The molecular formula is C17H14O3S. The van der Waals surface area contributed by atoms with Gasteiger partial charge in [0.05, 0.1) is 4.90 Å². The predicted molar refractivity (Wildman–Crippen MR) is 83.6 cm³/mol. The summed E-state index contributed by atoms with van der Waals surface area (Å²) in [7, 11) is -3.18. The van der Waals surface area contributed by atoms with Crippen molar-refractivity contribution in [2.24, 2.45) is 0 Å². The average molecular weight is 298 g/mol. The average Bonchev–Trinajstić information content (AvgIpc) is 2.47. The highest BCUT2D eigenvalue weighted by atomic mass is 32.2. The van der Waals surface area contributed by atoms with E-state index >= 15 is 0 Å². The monoisotopic (exact) mass is 298 g/mol. The Kier molecular flexibility index (Phi) is 3.39. The fourth-order valence-electron chi connectivity index (χ4n) is 2.17. The maximum atomic E-state index is 11.4. The van der Waals surface area contributed by atoms with Crippen LogP contribution < -0.4 is 4.74 Å². The van der Waals surface area contributed by atoms with Gasteiger partial charge in [0.15, 0.2) is 9.84 Å². The van der Waals surface area contributed by atoms with Gasteiger partial charge in [0, 0.05) is 11.6 Å². The van der Waals surface area contributed by atoms with Crippen LogP contribution in [-0.2, 0) is 9.84 Å². The molecule has 0 aliphatic rings. The summed E-state index contributed by atoms with van der Waals surface area (Å²) in [6, 6.07) is 20.2. The van der Waals surface area contributed by atoms with Crippen LogP contribution in [0.2, 0.25) is 0 Å². The maximum Gasteiger partial charge on any atom is 0.175 e. The van der Waals surface area contributed by atoms with Gasteiger partial charge < -0.3 is 4.74 Å². The van der Waals surface area contributed by atoms with E-state index in [2.05, 4.69) is 0 Å². The van der Waals surface area contributed by atoms with Crippen LogP contribution in [0, 0.1) is 0 Å². The van der Waals surface area contributed by atoms with E-state index in [-0.39, 0.29) is 4.90 Å². The number of ether oxygens (including phenoxy) is 1. The van der Waals surface area contributed by atoms with Crippen molar-refractivity contribution in [3.8, 4) is 11.5 Å². The van der Waals surface area contributed by atoms with Crippen molar-refractivity contribution in [1.82, 2.24) is 0 Å².